The van der Waals surface area contributed by atoms with E-state index in [4.69, 9.17) is 10.00 Å². The minimum atomic E-state index is -0.159. The quantitative estimate of drug-likeness (QED) is 0.703. The number of benzene rings is 2. The summed E-state index contributed by atoms with van der Waals surface area (Å²) in [5.41, 5.74) is 2.78. The molecule has 2 aromatic carbocycles. The zero-order valence-electron chi connectivity index (χ0n) is 13.3. The smallest absolute Gasteiger partial charge is 0.122 e. The number of nitriles is 2. The largest absolute Gasteiger partial charge is 0.493 e. The van der Waals surface area contributed by atoms with Crippen LogP contribution in [0.25, 0.3) is 0 Å². The Morgan fingerprint density at radius 1 is 1.04 bits per heavy atom. The Hall–Kier alpha value is -2.78. The monoisotopic (exact) mass is 304 g/mol. The van der Waals surface area contributed by atoms with E-state index < -0.39 is 0 Å². The highest BCUT2D eigenvalue weighted by Gasteiger charge is 2.10. The third-order valence-electron chi connectivity index (χ3n) is 3.85. The van der Waals surface area contributed by atoms with Gasteiger partial charge in [-0.05, 0) is 48.6 Å². The van der Waals surface area contributed by atoms with Gasteiger partial charge in [0.1, 0.15) is 5.75 Å². The summed E-state index contributed by atoms with van der Waals surface area (Å²) < 4.78 is 5.84. The number of hydrogen-bond donors (Lipinski definition) is 0. The molecule has 0 spiro atoms. The van der Waals surface area contributed by atoms with Crippen molar-refractivity contribution in [2.24, 2.45) is 0 Å². The highest BCUT2D eigenvalue weighted by Crippen LogP contribution is 2.22. The minimum absolute atomic E-state index is 0.159. The molecular weight excluding hydrogens is 284 g/mol. The Bertz CT molecular complexity index is 708. The van der Waals surface area contributed by atoms with E-state index >= 15 is 0 Å². The van der Waals surface area contributed by atoms with Crippen molar-refractivity contribution in [1.82, 2.24) is 0 Å². The first kappa shape index (κ1) is 16.6. The normalized spacial score (nSPS) is 11.3. The molecule has 0 aromatic heterocycles. The van der Waals surface area contributed by atoms with Crippen LogP contribution in [0.2, 0.25) is 0 Å². The molecule has 23 heavy (non-hydrogen) atoms. The van der Waals surface area contributed by atoms with E-state index in [9.17, 15) is 5.26 Å². The summed E-state index contributed by atoms with van der Waals surface area (Å²) in [5.74, 6) is 0.773. The van der Waals surface area contributed by atoms with Crippen molar-refractivity contribution in [3.8, 4) is 17.9 Å². The lowest BCUT2D eigenvalue weighted by Crippen LogP contribution is -2.03. The summed E-state index contributed by atoms with van der Waals surface area (Å²) in [7, 11) is 0. The van der Waals surface area contributed by atoms with Crippen LogP contribution in [0.4, 0.5) is 0 Å². The standard InChI is InChI=1S/C20H20N2O/c1-2-17-6-3-4-8-20(17)23-13-5-7-19(15-22)18-11-9-16(14-21)10-12-18/h3-4,6,8-12,19H,2,5,7,13H2,1H3. The van der Waals surface area contributed by atoms with Crippen LogP contribution in [0.1, 0.15) is 42.4 Å². The molecule has 0 aliphatic carbocycles. The number of ether oxygens (including phenoxy) is 1. The molecule has 3 nitrogen and oxygen atoms in total. The molecule has 1 unspecified atom stereocenters. The molecule has 3 heteroatoms. The fraction of sp³-hybridized carbons (Fsp3) is 0.300. The van der Waals surface area contributed by atoms with Gasteiger partial charge in [0.15, 0.2) is 0 Å². The first-order valence-corrected chi connectivity index (χ1v) is 7.88. The number of hydrogen-bond acceptors (Lipinski definition) is 3. The van der Waals surface area contributed by atoms with Gasteiger partial charge in [-0.1, -0.05) is 37.3 Å². The summed E-state index contributed by atoms with van der Waals surface area (Å²) in [6, 6.07) is 19.7. The maximum Gasteiger partial charge on any atom is 0.122 e. The van der Waals surface area contributed by atoms with E-state index in [2.05, 4.69) is 25.1 Å². The molecule has 0 amide bonds. The van der Waals surface area contributed by atoms with Gasteiger partial charge in [0, 0.05) is 0 Å². The zero-order valence-corrected chi connectivity index (χ0v) is 13.3. The number of aryl methyl sites for hydroxylation is 1. The van der Waals surface area contributed by atoms with Crippen molar-refractivity contribution in [3.63, 3.8) is 0 Å². The Balaban J connectivity index is 1.86. The molecule has 0 fully saturated rings. The van der Waals surface area contributed by atoms with Gasteiger partial charge in [-0.25, -0.2) is 0 Å². The van der Waals surface area contributed by atoms with Crippen LogP contribution in [0.5, 0.6) is 5.75 Å². The number of rotatable bonds is 7. The van der Waals surface area contributed by atoms with Crippen LogP contribution in [0, 0.1) is 22.7 Å². The SMILES string of the molecule is CCc1ccccc1OCCCC(C#N)c1ccc(C#N)cc1. The number of para-hydroxylation sites is 1. The van der Waals surface area contributed by atoms with Crippen LogP contribution >= 0.6 is 0 Å². The molecule has 0 N–H and O–H groups in total. The van der Waals surface area contributed by atoms with Gasteiger partial charge < -0.3 is 4.74 Å². The Morgan fingerprint density at radius 3 is 2.43 bits per heavy atom. The molecule has 0 bridgehead atoms. The minimum Gasteiger partial charge on any atom is -0.493 e. The second-order valence-corrected chi connectivity index (χ2v) is 5.37. The molecule has 0 heterocycles. The van der Waals surface area contributed by atoms with E-state index in [1.165, 1.54) is 5.56 Å². The third kappa shape index (κ3) is 4.59. The van der Waals surface area contributed by atoms with Crippen LogP contribution in [0.15, 0.2) is 48.5 Å². The van der Waals surface area contributed by atoms with Gasteiger partial charge in [-0.15, -0.1) is 0 Å². The van der Waals surface area contributed by atoms with Crippen molar-refractivity contribution in [2.75, 3.05) is 6.61 Å². The molecule has 0 radical (unpaired) electrons. The van der Waals surface area contributed by atoms with E-state index in [1.807, 2.05) is 30.3 Å². The summed E-state index contributed by atoms with van der Waals surface area (Å²) in [5, 5.41) is 18.2. The lowest BCUT2D eigenvalue weighted by Gasteiger charge is -2.12. The summed E-state index contributed by atoms with van der Waals surface area (Å²) in [6.45, 7) is 2.71. The van der Waals surface area contributed by atoms with Gasteiger partial charge in [0.05, 0.1) is 30.2 Å². The van der Waals surface area contributed by atoms with E-state index in [-0.39, 0.29) is 5.92 Å². The average Bonchev–Trinajstić information content (AvgIpc) is 2.62. The molecule has 1 atom stereocenters. The first-order chi connectivity index (χ1) is 11.3. The molecule has 0 saturated carbocycles. The average molecular weight is 304 g/mol. The lowest BCUT2D eigenvalue weighted by atomic mass is 9.95. The maximum absolute atomic E-state index is 9.35. The fourth-order valence-corrected chi connectivity index (χ4v) is 2.50. The summed E-state index contributed by atoms with van der Waals surface area (Å²) in [6.07, 6.45) is 2.51. The summed E-state index contributed by atoms with van der Waals surface area (Å²) in [4.78, 5) is 0. The van der Waals surface area contributed by atoms with Crippen LogP contribution in [-0.2, 0) is 6.42 Å². The molecule has 0 saturated heterocycles. The number of nitrogens with zero attached hydrogens (tertiary/aromatic N) is 2. The Kier molecular flexibility index (Phi) is 6.21. The molecule has 0 aliphatic rings. The van der Waals surface area contributed by atoms with E-state index in [0.29, 0.717) is 12.2 Å². The van der Waals surface area contributed by atoms with Gasteiger partial charge in [-0.3, -0.25) is 0 Å². The maximum atomic E-state index is 9.35. The molecule has 116 valence electrons. The zero-order chi connectivity index (χ0) is 16.5. The predicted octanol–water partition coefficient (Wildman–Crippen LogP) is 4.59. The highest BCUT2D eigenvalue weighted by atomic mass is 16.5. The van der Waals surface area contributed by atoms with Crippen LogP contribution in [-0.4, -0.2) is 6.61 Å². The first-order valence-electron chi connectivity index (χ1n) is 7.88. The topological polar surface area (TPSA) is 56.8 Å². The molecule has 2 rings (SSSR count). The summed E-state index contributed by atoms with van der Waals surface area (Å²) >= 11 is 0. The van der Waals surface area contributed by atoms with Gasteiger partial charge >= 0.3 is 0 Å². The van der Waals surface area contributed by atoms with Crippen molar-refractivity contribution in [2.45, 2.75) is 32.1 Å². The Morgan fingerprint density at radius 2 is 1.78 bits per heavy atom. The fourth-order valence-electron chi connectivity index (χ4n) is 2.50. The highest BCUT2D eigenvalue weighted by molar-refractivity contribution is 5.35. The van der Waals surface area contributed by atoms with Gasteiger partial charge in [0.2, 0.25) is 0 Å². The van der Waals surface area contributed by atoms with Gasteiger partial charge in [0.25, 0.3) is 0 Å². The molecular formula is C20H20N2O. The van der Waals surface area contributed by atoms with E-state index in [1.54, 1.807) is 12.1 Å². The van der Waals surface area contributed by atoms with E-state index in [0.717, 1.165) is 30.6 Å². The molecule has 2 aromatic rings. The third-order valence-corrected chi connectivity index (χ3v) is 3.85. The van der Waals surface area contributed by atoms with Crippen LogP contribution < -0.4 is 4.74 Å². The van der Waals surface area contributed by atoms with Crippen molar-refractivity contribution in [3.05, 3.63) is 65.2 Å². The second-order valence-electron chi connectivity index (χ2n) is 5.37. The van der Waals surface area contributed by atoms with Gasteiger partial charge in [-0.2, -0.15) is 10.5 Å². The van der Waals surface area contributed by atoms with Crippen LogP contribution in [0.3, 0.4) is 0 Å². The van der Waals surface area contributed by atoms with Crippen molar-refractivity contribution < 1.29 is 4.74 Å². The molecule has 0 aliphatic heterocycles. The second kappa shape index (κ2) is 8.61. The predicted molar refractivity (Wildman–Crippen MR) is 90.1 cm³/mol. The Labute approximate surface area is 137 Å². The van der Waals surface area contributed by atoms with Crippen molar-refractivity contribution >= 4 is 0 Å². The lowest BCUT2D eigenvalue weighted by molar-refractivity contribution is 0.302. The van der Waals surface area contributed by atoms with Crippen molar-refractivity contribution in [1.29, 1.82) is 10.5 Å².